The maximum absolute atomic E-state index is 12.7. The smallest absolute Gasteiger partial charge is 0.326 e. The van der Waals surface area contributed by atoms with Crippen molar-refractivity contribution in [2.24, 2.45) is 11.5 Å². The lowest BCUT2D eigenvalue weighted by Gasteiger charge is -2.21. The number of primary amides is 1. The molecular formula is C22H30N6O6S. The second-order valence-corrected chi connectivity index (χ2v) is 8.84. The summed E-state index contributed by atoms with van der Waals surface area (Å²) in [7, 11) is 0. The third-order valence-corrected chi connectivity index (χ3v) is 5.80. The van der Waals surface area contributed by atoms with Gasteiger partial charge in [0.15, 0.2) is 0 Å². The number of carbonyl (C=O) groups is 5. The quantitative estimate of drug-likeness (QED) is 0.166. The molecule has 0 radical (unpaired) electrons. The Morgan fingerprint density at radius 2 is 1.80 bits per heavy atom. The predicted octanol–water partition coefficient (Wildman–Crippen LogP) is -1.16. The lowest BCUT2D eigenvalue weighted by atomic mass is 10.0. The minimum Gasteiger partial charge on any atom is -0.480 e. The minimum absolute atomic E-state index is 0.256. The maximum atomic E-state index is 12.7. The molecule has 0 aliphatic heterocycles. The van der Waals surface area contributed by atoms with Crippen LogP contribution in [0.1, 0.15) is 18.4 Å². The van der Waals surface area contributed by atoms with Crippen LogP contribution in [0, 0.1) is 0 Å². The van der Waals surface area contributed by atoms with Crippen LogP contribution < -0.4 is 27.4 Å². The molecule has 1 aromatic heterocycles. The molecule has 1 heterocycles. The molecule has 0 saturated carbocycles. The van der Waals surface area contributed by atoms with Crippen LogP contribution in [-0.2, 0) is 30.4 Å². The number of hydrogen-bond donors (Lipinski definition) is 7. The molecule has 35 heavy (non-hydrogen) atoms. The number of nitrogens with two attached hydrogens (primary N) is 2. The highest BCUT2D eigenvalue weighted by Crippen LogP contribution is 2.18. The van der Waals surface area contributed by atoms with Crippen LogP contribution in [0.25, 0.3) is 10.9 Å². The van der Waals surface area contributed by atoms with E-state index in [1.165, 1.54) is 11.8 Å². The summed E-state index contributed by atoms with van der Waals surface area (Å²) in [5, 5.41) is 17.1. The molecule has 2 aromatic rings. The van der Waals surface area contributed by atoms with Gasteiger partial charge < -0.3 is 37.5 Å². The van der Waals surface area contributed by atoms with Crippen molar-refractivity contribution >= 4 is 52.3 Å². The summed E-state index contributed by atoms with van der Waals surface area (Å²) in [5.41, 5.74) is 12.9. The van der Waals surface area contributed by atoms with Crippen LogP contribution in [0.4, 0.5) is 0 Å². The van der Waals surface area contributed by atoms with E-state index in [-0.39, 0.29) is 6.42 Å². The summed E-state index contributed by atoms with van der Waals surface area (Å²) in [6.45, 7) is -0.547. The van der Waals surface area contributed by atoms with E-state index >= 15 is 0 Å². The number of H-pyrrole nitrogens is 1. The van der Waals surface area contributed by atoms with Gasteiger partial charge in [0.25, 0.3) is 0 Å². The molecule has 0 bridgehead atoms. The normalized spacial score (nSPS) is 13.4. The molecular weight excluding hydrogens is 476 g/mol. The summed E-state index contributed by atoms with van der Waals surface area (Å²) in [4.78, 5) is 62.6. The SMILES string of the molecule is CSCCC(NC(=O)C(N)Cc1c[nH]c2ccccc12)C(=O)NCC(=O)NC(CC(N)=O)C(=O)O. The third kappa shape index (κ3) is 8.61. The fourth-order valence-electron chi connectivity index (χ4n) is 3.35. The van der Waals surface area contributed by atoms with Crippen LogP contribution in [0.3, 0.4) is 0 Å². The zero-order valence-corrected chi connectivity index (χ0v) is 20.0. The minimum atomic E-state index is -1.51. The van der Waals surface area contributed by atoms with Gasteiger partial charge >= 0.3 is 5.97 Å². The predicted molar refractivity (Wildman–Crippen MR) is 131 cm³/mol. The van der Waals surface area contributed by atoms with Gasteiger partial charge in [0, 0.05) is 17.1 Å². The summed E-state index contributed by atoms with van der Waals surface area (Å²) in [6, 6.07) is 4.25. The van der Waals surface area contributed by atoms with Gasteiger partial charge in [-0.2, -0.15) is 11.8 Å². The van der Waals surface area contributed by atoms with E-state index < -0.39 is 60.7 Å². The fourth-order valence-corrected chi connectivity index (χ4v) is 3.82. The number of carboxylic acid groups (broad SMARTS) is 1. The Balaban J connectivity index is 1.94. The second-order valence-electron chi connectivity index (χ2n) is 7.86. The first-order valence-electron chi connectivity index (χ1n) is 10.8. The number of carboxylic acids is 1. The number of nitrogens with one attached hydrogen (secondary N) is 4. The van der Waals surface area contributed by atoms with E-state index in [1.54, 1.807) is 6.20 Å². The summed E-state index contributed by atoms with van der Waals surface area (Å²) in [5.74, 6) is -3.74. The Kier molecular flexibility index (Phi) is 10.5. The molecule has 0 aliphatic rings. The van der Waals surface area contributed by atoms with Crippen molar-refractivity contribution in [3.05, 3.63) is 36.0 Å². The van der Waals surface area contributed by atoms with Crippen LogP contribution in [0.15, 0.2) is 30.5 Å². The average Bonchev–Trinajstić information content (AvgIpc) is 3.22. The number of aliphatic carboxylic acids is 1. The number of rotatable bonds is 14. The van der Waals surface area contributed by atoms with Crippen molar-refractivity contribution in [2.45, 2.75) is 37.4 Å². The van der Waals surface area contributed by atoms with E-state index in [1.807, 2.05) is 30.5 Å². The number of aromatic nitrogens is 1. The first kappa shape index (κ1) is 27.7. The molecule has 0 fully saturated rings. The van der Waals surface area contributed by atoms with Gasteiger partial charge in [-0.1, -0.05) is 18.2 Å². The number of carbonyl (C=O) groups excluding carboxylic acids is 4. The Bertz CT molecular complexity index is 1070. The zero-order chi connectivity index (χ0) is 26.0. The molecule has 9 N–H and O–H groups in total. The van der Waals surface area contributed by atoms with Crippen molar-refractivity contribution in [1.29, 1.82) is 0 Å². The van der Waals surface area contributed by atoms with E-state index in [0.717, 1.165) is 16.5 Å². The summed E-state index contributed by atoms with van der Waals surface area (Å²) >= 11 is 1.47. The highest BCUT2D eigenvalue weighted by atomic mass is 32.2. The van der Waals surface area contributed by atoms with E-state index in [0.29, 0.717) is 12.2 Å². The van der Waals surface area contributed by atoms with E-state index in [4.69, 9.17) is 16.6 Å². The summed E-state index contributed by atoms with van der Waals surface area (Å²) in [6.07, 6.45) is 3.59. The highest BCUT2D eigenvalue weighted by molar-refractivity contribution is 7.98. The Morgan fingerprint density at radius 3 is 2.46 bits per heavy atom. The fraction of sp³-hybridized carbons (Fsp3) is 0.409. The Morgan fingerprint density at radius 1 is 1.09 bits per heavy atom. The Hall–Kier alpha value is -3.58. The van der Waals surface area contributed by atoms with Gasteiger partial charge in [-0.3, -0.25) is 19.2 Å². The van der Waals surface area contributed by atoms with Gasteiger partial charge in [-0.05, 0) is 36.5 Å². The lowest BCUT2D eigenvalue weighted by Crippen LogP contribution is -2.54. The van der Waals surface area contributed by atoms with Gasteiger partial charge in [-0.25, -0.2) is 4.79 Å². The van der Waals surface area contributed by atoms with Crippen molar-refractivity contribution in [1.82, 2.24) is 20.9 Å². The molecule has 13 heteroatoms. The molecule has 190 valence electrons. The number of aromatic amines is 1. The zero-order valence-electron chi connectivity index (χ0n) is 19.2. The molecule has 3 unspecified atom stereocenters. The van der Waals surface area contributed by atoms with Crippen LogP contribution in [-0.4, -0.2) is 76.4 Å². The summed E-state index contributed by atoms with van der Waals surface area (Å²) < 4.78 is 0. The van der Waals surface area contributed by atoms with Crippen molar-refractivity contribution < 1.29 is 29.1 Å². The number of hydrogen-bond acceptors (Lipinski definition) is 7. The maximum Gasteiger partial charge on any atom is 0.326 e. The molecule has 12 nitrogen and oxygen atoms in total. The monoisotopic (exact) mass is 506 g/mol. The van der Waals surface area contributed by atoms with Gasteiger partial charge in [0.05, 0.1) is 19.0 Å². The molecule has 0 spiro atoms. The van der Waals surface area contributed by atoms with Crippen LogP contribution >= 0.6 is 11.8 Å². The number of amides is 4. The molecule has 0 aliphatic carbocycles. The lowest BCUT2D eigenvalue weighted by molar-refractivity contribution is -0.143. The third-order valence-electron chi connectivity index (χ3n) is 5.16. The molecule has 3 atom stereocenters. The molecule has 1 aromatic carbocycles. The van der Waals surface area contributed by atoms with Crippen molar-refractivity contribution in [2.75, 3.05) is 18.6 Å². The van der Waals surface area contributed by atoms with Crippen molar-refractivity contribution in [3.63, 3.8) is 0 Å². The highest BCUT2D eigenvalue weighted by Gasteiger charge is 2.26. The first-order chi connectivity index (χ1) is 16.6. The van der Waals surface area contributed by atoms with Gasteiger partial charge in [0.2, 0.25) is 23.6 Å². The van der Waals surface area contributed by atoms with Crippen LogP contribution in [0.2, 0.25) is 0 Å². The second kappa shape index (κ2) is 13.3. The number of benzene rings is 1. The topological polar surface area (TPSA) is 209 Å². The molecule has 0 saturated heterocycles. The van der Waals surface area contributed by atoms with Gasteiger partial charge in [-0.15, -0.1) is 0 Å². The number of fused-ring (bicyclic) bond motifs is 1. The number of thioether (sulfide) groups is 1. The molecule has 2 rings (SSSR count). The number of para-hydroxylation sites is 1. The van der Waals surface area contributed by atoms with Gasteiger partial charge in [0.1, 0.15) is 12.1 Å². The average molecular weight is 507 g/mol. The van der Waals surface area contributed by atoms with Crippen LogP contribution in [0.5, 0.6) is 0 Å². The first-order valence-corrected chi connectivity index (χ1v) is 12.2. The largest absolute Gasteiger partial charge is 0.480 e. The van der Waals surface area contributed by atoms with E-state index in [2.05, 4.69) is 20.9 Å². The Labute approximate surface area is 205 Å². The van der Waals surface area contributed by atoms with E-state index in [9.17, 15) is 24.0 Å². The van der Waals surface area contributed by atoms with Crippen molar-refractivity contribution in [3.8, 4) is 0 Å². The molecule has 4 amide bonds. The standard InChI is InChI=1S/C22H30N6O6S/c1-35-7-6-16(21(32)26-11-19(30)27-17(22(33)34)9-18(24)29)28-20(31)14(23)8-12-10-25-15-5-3-2-4-13(12)15/h2-5,10,14,16-17,25H,6-9,11,23H2,1H3,(H2,24,29)(H,26,32)(H,27,30)(H,28,31)(H,33,34).